The van der Waals surface area contributed by atoms with Gasteiger partial charge in [0.15, 0.2) is 0 Å². The number of nitrogens with two attached hydrogens (primary N) is 1. The molecule has 1 aromatic heterocycles. The number of rotatable bonds is 4. The maximum atomic E-state index is 12.5. The van der Waals surface area contributed by atoms with Crippen LogP contribution in [0.2, 0.25) is 0 Å². The molecule has 0 fully saturated rings. The summed E-state index contributed by atoms with van der Waals surface area (Å²) in [4.78, 5) is 14.2. The van der Waals surface area contributed by atoms with Gasteiger partial charge in [-0.3, -0.25) is 4.79 Å². The number of hydrogen-bond donors (Lipinski definition) is 1. The van der Waals surface area contributed by atoms with Crippen LogP contribution >= 0.6 is 0 Å². The number of nitrogens with zero attached hydrogens (tertiary/aromatic N) is 2. The molecule has 1 heterocycles. The van der Waals surface area contributed by atoms with Crippen LogP contribution in [0.1, 0.15) is 29.5 Å². The van der Waals surface area contributed by atoms with Crippen molar-refractivity contribution in [2.75, 3.05) is 17.2 Å². The van der Waals surface area contributed by atoms with Gasteiger partial charge in [-0.05, 0) is 37.6 Å². The van der Waals surface area contributed by atoms with Gasteiger partial charge in [0.05, 0.1) is 6.20 Å². The number of carbonyl (C=O) groups excluding carboxylic acids is 1. The molecule has 2 rings (SSSR count). The van der Waals surface area contributed by atoms with Gasteiger partial charge in [-0.15, -0.1) is 0 Å². The first kappa shape index (κ1) is 13.1. The summed E-state index contributed by atoms with van der Waals surface area (Å²) >= 11 is 0. The minimum absolute atomic E-state index is 0.106. The Labute approximate surface area is 112 Å². The molecule has 100 valence electrons. The summed E-state index contributed by atoms with van der Waals surface area (Å²) in [6.07, 6.45) is 2.32. The zero-order valence-electron chi connectivity index (χ0n) is 11.1. The van der Waals surface area contributed by atoms with Crippen LogP contribution in [0.5, 0.6) is 0 Å². The average Bonchev–Trinajstić information content (AvgIpc) is 2.83. The number of aromatic nitrogens is 1. The Kier molecular flexibility index (Phi) is 3.85. The molecule has 5 heteroatoms. The fourth-order valence-corrected chi connectivity index (χ4v) is 1.88. The van der Waals surface area contributed by atoms with Gasteiger partial charge >= 0.3 is 0 Å². The van der Waals surface area contributed by atoms with Crippen molar-refractivity contribution < 1.29 is 9.32 Å². The van der Waals surface area contributed by atoms with Gasteiger partial charge in [0.1, 0.15) is 11.3 Å². The Balaban J connectivity index is 2.32. The lowest BCUT2D eigenvalue weighted by Crippen LogP contribution is -2.31. The van der Waals surface area contributed by atoms with Crippen molar-refractivity contribution in [2.24, 2.45) is 0 Å². The van der Waals surface area contributed by atoms with E-state index in [1.807, 2.05) is 19.1 Å². The van der Waals surface area contributed by atoms with Crippen LogP contribution in [0.4, 0.5) is 11.4 Å². The SMILES string of the molecule is CCCN(C(=O)c1cnoc1C)c1ccc(N)cc1. The normalized spacial score (nSPS) is 10.4. The molecule has 0 spiro atoms. The molecule has 1 aromatic carbocycles. The molecule has 0 saturated carbocycles. The smallest absolute Gasteiger partial charge is 0.263 e. The van der Waals surface area contributed by atoms with Gasteiger partial charge in [0.25, 0.3) is 5.91 Å². The average molecular weight is 259 g/mol. The molecule has 0 aliphatic heterocycles. The molecule has 2 aromatic rings. The minimum atomic E-state index is -0.106. The van der Waals surface area contributed by atoms with Crippen molar-refractivity contribution in [3.63, 3.8) is 0 Å². The maximum absolute atomic E-state index is 12.5. The second kappa shape index (κ2) is 5.56. The summed E-state index contributed by atoms with van der Waals surface area (Å²) in [6, 6.07) is 7.25. The molecule has 0 atom stereocenters. The number of benzene rings is 1. The number of carbonyl (C=O) groups is 1. The van der Waals surface area contributed by atoms with Crippen LogP contribution in [0.3, 0.4) is 0 Å². The number of nitrogen functional groups attached to an aromatic ring is 1. The molecule has 2 N–H and O–H groups in total. The molecule has 1 amide bonds. The second-order valence-corrected chi connectivity index (χ2v) is 4.34. The van der Waals surface area contributed by atoms with Gasteiger partial charge in [0, 0.05) is 17.9 Å². The predicted molar refractivity (Wildman–Crippen MR) is 74.1 cm³/mol. The molecule has 0 radical (unpaired) electrons. The Hall–Kier alpha value is -2.30. The van der Waals surface area contributed by atoms with Crippen LogP contribution in [0.15, 0.2) is 35.0 Å². The topological polar surface area (TPSA) is 72.4 Å². The largest absolute Gasteiger partial charge is 0.399 e. The first-order valence-electron chi connectivity index (χ1n) is 6.22. The number of hydrogen-bond acceptors (Lipinski definition) is 4. The van der Waals surface area contributed by atoms with Crippen molar-refractivity contribution in [1.29, 1.82) is 0 Å². The molecule has 0 aliphatic carbocycles. The van der Waals surface area contributed by atoms with Crippen molar-refractivity contribution in [3.8, 4) is 0 Å². The van der Waals surface area contributed by atoms with Crippen LogP contribution in [-0.4, -0.2) is 17.6 Å². The number of amides is 1. The lowest BCUT2D eigenvalue weighted by atomic mass is 10.2. The van der Waals surface area contributed by atoms with Crippen molar-refractivity contribution in [3.05, 3.63) is 41.8 Å². The fourth-order valence-electron chi connectivity index (χ4n) is 1.88. The van der Waals surface area contributed by atoms with E-state index in [1.54, 1.807) is 24.0 Å². The minimum Gasteiger partial charge on any atom is -0.399 e. The summed E-state index contributed by atoms with van der Waals surface area (Å²) in [6.45, 7) is 4.39. The Bertz CT molecular complexity index is 560. The van der Waals surface area contributed by atoms with Gasteiger partial charge in [0.2, 0.25) is 0 Å². The second-order valence-electron chi connectivity index (χ2n) is 4.34. The monoisotopic (exact) mass is 259 g/mol. The van der Waals surface area contributed by atoms with E-state index in [9.17, 15) is 4.79 Å². The highest BCUT2D eigenvalue weighted by Gasteiger charge is 2.21. The van der Waals surface area contributed by atoms with Gasteiger partial charge < -0.3 is 15.2 Å². The van der Waals surface area contributed by atoms with E-state index in [1.165, 1.54) is 6.20 Å². The van der Waals surface area contributed by atoms with E-state index >= 15 is 0 Å². The molecule has 0 unspecified atom stereocenters. The van der Waals surface area contributed by atoms with Crippen LogP contribution in [-0.2, 0) is 0 Å². The third-order valence-electron chi connectivity index (χ3n) is 2.88. The zero-order chi connectivity index (χ0) is 13.8. The van der Waals surface area contributed by atoms with Gasteiger partial charge in [-0.1, -0.05) is 12.1 Å². The van der Waals surface area contributed by atoms with Gasteiger partial charge in [-0.25, -0.2) is 0 Å². The summed E-state index contributed by atoms with van der Waals surface area (Å²) in [5.74, 6) is 0.423. The quantitative estimate of drug-likeness (QED) is 0.857. The predicted octanol–water partition coefficient (Wildman–Crippen LogP) is 2.62. The van der Waals surface area contributed by atoms with Crippen molar-refractivity contribution in [1.82, 2.24) is 5.16 Å². The fraction of sp³-hybridized carbons (Fsp3) is 0.286. The first-order chi connectivity index (χ1) is 9.13. The molecular formula is C14H17N3O2. The number of aryl methyl sites for hydroxylation is 1. The third-order valence-corrected chi connectivity index (χ3v) is 2.88. The highest BCUT2D eigenvalue weighted by Crippen LogP contribution is 2.20. The van der Waals surface area contributed by atoms with E-state index in [4.69, 9.17) is 10.3 Å². The summed E-state index contributed by atoms with van der Waals surface area (Å²) in [5, 5.41) is 3.65. The number of anilines is 2. The lowest BCUT2D eigenvalue weighted by Gasteiger charge is -2.21. The molecular weight excluding hydrogens is 242 g/mol. The maximum Gasteiger partial charge on any atom is 0.263 e. The third kappa shape index (κ3) is 2.76. The Morgan fingerprint density at radius 3 is 2.58 bits per heavy atom. The van der Waals surface area contributed by atoms with Crippen molar-refractivity contribution >= 4 is 17.3 Å². The van der Waals surface area contributed by atoms with E-state index in [0.29, 0.717) is 23.6 Å². The van der Waals surface area contributed by atoms with Crippen LogP contribution < -0.4 is 10.6 Å². The summed E-state index contributed by atoms with van der Waals surface area (Å²) < 4.78 is 4.95. The summed E-state index contributed by atoms with van der Waals surface area (Å²) in [7, 11) is 0. The highest BCUT2D eigenvalue weighted by atomic mass is 16.5. The lowest BCUT2D eigenvalue weighted by molar-refractivity contribution is 0.0985. The highest BCUT2D eigenvalue weighted by molar-refractivity contribution is 6.06. The molecule has 5 nitrogen and oxygen atoms in total. The molecule has 19 heavy (non-hydrogen) atoms. The van der Waals surface area contributed by atoms with Gasteiger partial charge in [-0.2, -0.15) is 0 Å². The van der Waals surface area contributed by atoms with E-state index in [-0.39, 0.29) is 5.91 Å². The van der Waals surface area contributed by atoms with Crippen LogP contribution in [0.25, 0.3) is 0 Å². The van der Waals surface area contributed by atoms with E-state index in [0.717, 1.165) is 12.1 Å². The Morgan fingerprint density at radius 2 is 2.05 bits per heavy atom. The molecule has 0 saturated heterocycles. The standard InChI is InChI=1S/C14H17N3O2/c1-3-8-17(12-6-4-11(15)5-7-12)14(18)13-9-16-19-10(13)2/h4-7,9H,3,8,15H2,1-2H3. The Morgan fingerprint density at radius 1 is 1.37 bits per heavy atom. The van der Waals surface area contributed by atoms with Crippen LogP contribution in [0, 0.1) is 6.92 Å². The zero-order valence-corrected chi connectivity index (χ0v) is 11.1. The molecule has 0 aliphatic rings. The van der Waals surface area contributed by atoms with E-state index < -0.39 is 0 Å². The summed E-state index contributed by atoms with van der Waals surface area (Å²) in [5.41, 5.74) is 7.65. The molecule has 0 bridgehead atoms. The van der Waals surface area contributed by atoms with Crippen molar-refractivity contribution in [2.45, 2.75) is 20.3 Å². The first-order valence-corrected chi connectivity index (χ1v) is 6.22. The van der Waals surface area contributed by atoms with E-state index in [2.05, 4.69) is 5.16 Å².